The molecule has 0 amide bonds. The second-order valence-electron chi connectivity index (χ2n) is 4.25. The average molecular weight is 248 g/mol. The van der Waals surface area contributed by atoms with Gasteiger partial charge in [0.2, 0.25) is 0 Å². The molecule has 2 N–H and O–H groups in total. The van der Waals surface area contributed by atoms with Gasteiger partial charge in [-0.25, -0.2) is 4.39 Å². The topological polar surface area (TPSA) is 56.7 Å². The molecular formula is C13H17FN4. The number of nitrogens with zero attached hydrogens (tertiary/aromatic N) is 3. The van der Waals surface area contributed by atoms with Crippen molar-refractivity contribution >= 4 is 0 Å². The van der Waals surface area contributed by atoms with Gasteiger partial charge < -0.3 is 10.3 Å². The summed E-state index contributed by atoms with van der Waals surface area (Å²) in [4.78, 5) is 0. The number of hydrogen-bond donors (Lipinski definition) is 1. The zero-order valence-corrected chi connectivity index (χ0v) is 10.7. The van der Waals surface area contributed by atoms with Crippen LogP contribution in [0.1, 0.15) is 24.7 Å². The lowest BCUT2D eigenvalue weighted by molar-refractivity contribution is 0.625. The lowest BCUT2D eigenvalue weighted by Crippen LogP contribution is -2.09. The Morgan fingerprint density at radius 2 is 2.11 bits per heavy atom. The van der Waals surface area contributed by atoms with Gasteiger partial charge in [-0.05, 0) is 31.0 Å². The van der Waals surface area contributed by atoms with Crippen molar-refractivity contribution in [1.82, 2.24) is 14.8 Å². The van der Waals surface area contributed by atoms with Gasteiger partial charge in [0.25, 0.3) is 0 Å². The molecule has 4 nitrogen and oxygen atoms in total. The minimum Gasteiger partial charge on any atom is -0.324 e. The summed E-state index contributed by atoms with van der Waals surface area (Å²) in [5.74, 6) is 1.15. The van der Waals surface area contributed by atoms with Gasteiger partial charge in [0.1, 0.15) is 11.6 Å². The first kappa shape index (κ1) is 12.7. The van der Waals surface area contributed by atoms with Gasteiger partial charge in [-0.1, -0.05) is 13.0 Å². The van der Waals surface area contributed by atoms with E-state index in [1.165, 1.54) is 12.1 Å². The Labute approximate surface area is 106 Å². The van der Waals surface area contributed by atoms with E-state index in [2.05, 4.69) is 17.1 Å². The van der Waals surface area contributed by atoms with E-state index in [4.69, 9.17) is 5.73 Å². The van der Waals surface area contributed by atoms with E-state index < -0.39 is 0 Å². The Kier molecular flexibility index (Phi) is 3.72. The molecule has 1 aromatic carbocycles. The van der Waals surface area contributed by atoms with Crippen LogP contribution in [0.5, 0.6) is 0 Å². The van der Waals surface area contributed by atoms with Gasteiger partial charge in [-0.3, -0.25) is 0 Å². The van der Waals surface area contributed by atoms with E-state index >= 15 is 0 Å². The van der Waals surface area contributed by atoms with Crippen LogP contribution >= 0.6 is 0 Å². The smallest absolute Gasteiger partial charge is 0.164 e. The minimum atomic E-state index is -0.268. The van der Waals surface area contributed by atoms with Crippen molar-refractivity contribution in [2.75, 3.05) is 0 Å². The first-order chi connectivity index (χ1) is 8.67. The Hall–Kier alpha value is -1.75. The predicted octanol–water partition coefficient (Wildman–Crippen LogP) is 2.26. The van der Waals surface area contributed by atoms with Crippen LogP contribution in [0.2, 0.25) is 0 Å². The summed E-state index contributed by atoms with van der Waals surface area (Å²) in [6.07, 6.45) is 0.951. The molecule has 0 atom stereocenters. The van der Waals surface area contributed by atoms with Crippen LogP contribution in [0.3, 0.4) is 0 Å². The van der Waals surface area contributed by atoms with E-state index in [9.17, 15) is 4.39 Å². The van der Waals surface area contributed by atoms with Gasteiger partial charge in [-0.2, -0.15) is 0 Å². The van der Waals surface area contributed by atoms with Crippen molar-refractivity contribution in [3.05, 3.63) is 35.4 Å². The summed E-state index contributed by atoms with van der Waals surface area (Å²) < 4.78 is 15.3. The molecule has 5 heteroatoms. The minimum absolute atomic E-state index is 0.268. The SMILES string of the molecule is CCCn1c(CN)nnc1-c1cc(F)ccc1C. The summed E-state index contributed by atoms with van der Waals surface area (Å²) in [6, 6.07) is 4.69. The summed E-state index contributed by atoms with van der Waals surface area (Å²) in [5.41, 5.74) is 7.39. The van der Waals surface area contributed by atoms with Gasteiger partial charge in [0.15, 0.2) is 5.82 Å². The van der Waals surface area contributed by atoms with Crippen molar-refractivity contribution in [3.8, 4) is 11.4 Å². The molecule has 0 bridgehead atoms. The van der Waals surface area contributed by atoms with Crippen molar-refractivity contribution < 1.29 is 4.39 Å². The molecule has 0 aliphatic rings. The Morgan fingerprint density at radius 3 is 2.78 bits per heavy atom. The molecule has 0 aliphatic heterocycles. The Bertz CT molecular complexity index is 548. The first-order valence-corrected chi connectivity index (χ1v) is 6.06. The second-order valence-corrected chi connectivity index (χ2v) is 4.25. The van der Waals surface area contributed by atoms with Gasteiger partial charge in [0, 0.05) is 12.1 Å². The zero-order valence-electron chi connectivity index (χ0n) is 10.7. The zero-order chi connectivity index (χ0) is 13.1. The quantitative estimate of drug-likeness (QED) is 0.903. The van der Waals surface area contributed by atoms with E-state index in [0.717, 1.165) is 29.9 Å². The third-order valence-corrected chi connectivity index (χ3v) is 2.90. The number of aromatic nitrogens is 3. The van der Waals surface area contributed by atoms with Crippen molar-refractivity contribution in [2.24, 2.45) is 5.73 Å². The molecule has 0 aliphatic carbocycles. The number of halogens is 1. The number of nitrogens with two attached hydrogens (primary N) is 1. The maximum atomic E-state index is 13.4. The summed E-state index contributed by atoms with van der Waals surface area (Å²) >= 11 is 0. The fourth-order valence-electron chi connectivity index (χ4n) is 1.98. The highest BCUT2D eigenvalue weighted by atomic mass is 19.1. The predicted molar refractivity (Wildman–Crippen MR) is 68.3 cm³/mol. The van der Waals surface area contributed by atoms with Gasteiger partial charge in [0.05, 0.1) is 6.54 Å². The molecule has 96 valence electrons. The first-order valence-electron chi connectivity index (χ1n) is 6.06. The number of aryl methyl sites for hydroxylation is 1. The van der Waals surface area contributed by atoms with Gasteiger partial charge >= 0.3 is 0 Å². The van der Waals surface area contributed by atoms with Crippen LogP contribution in [-0.2, 0) is 13.1 Å². The molecule has 1 aromatic heterocycles. The van der Waals surface area contributed by atoms with E-state index in [0.29, 0.717) is 12.4 Å². The number of hydrogen-bond acceptors (Lipinski definition) is 3. The highest BCUT2D eigenvalue weighted by Crippen LogP contribution is 2.23. The Morgan fingerprint density at radius 1 is 1.33 bits per heavy atom. The highest BCUT2D eigenvalue weighted by Gasteiger charge is 2.14. The lowest BCUT2D eigenvalue weighted by Gasteiger charge is -2.10. The van der Waals surface area contributed by atoms with Crippen molar-refractivity contribution in [2.45, 2.75) is 33.4 Å². The standard InChI is InChI=1S/C13H17FN4/c1-3-6-18-12(8-15)16-17-13(18)11-7-10(14)5-4-9(11)2/h4-5,7H,3,6,8,15H2,1-2H3. The molecule has 0 fully saturated rings. The number of rotatable bonds is 4. The van der Waals surface area contributed by atoms with Crippen LogP contribution in [0.25, 0.3) is 11.4 Å². The maximum absolute atomic E-state index is 13.4. The molecule has 1 heterocycles. The average Bonchev–Trinajstić information content (AvgIpc) is 2.76. The monoisotopic (exact) mass is 248 g/mol. The summed E-state index contributed by atoms with van der Waals surface area (Å²) in [6.45, 7) is 5.12. The molecule has 2 rings (SSSR count). The highest BCUT2D eigenvalue weighted by molar-refractivity contribution is 5.60. The van der Waals surface area contributed by atoms with Crippen LogP contribution in [0.15, 0.2) is 18.2 Å². The molecule has 0 spiro atoms. The van der Waals surface area contributed by atoms with Crippen molar-refractivity contribution in [1.29, 1.82) is 0 Å². The molecule has 18 heavy (non-hydrogen) atoms. The summed E-state index contributed by atoms with van der Waals surface area (Å²) in [5, 5.41) is 8.21. The Balaban J connectivity index is 2.56. The van der Waals surface area contributed by atoms with Crippen LogP contribution in [0.4, 0.5) is 4.39 Å². The van der Waals surface area contributed by atoms with E-state index in [1.54, 1.807) is 6.07 Å². The second kappa shape index (κ2) is 5.27. The third kappa shape index (κ3) is 2.26. The van der Waals surface area contributed by atoms with Gasteiger partial charge in [-0.15, -0.1) is 10.2 Å². The van der Waals surface area contributed by atoms with Crippen LogP contribution < -0.4 is 5.73 Å². The fourth-order valence-corrected chi connectivity index (χ4v) is 1.98. The van der Waals surface area contributed by atoms with E-state index in [1.807, 2.05) is 11.5 Å². The largest absolute Gasteiger partial charge is 0.324 e. The maximum Gasteiger partial charge on any atom is 0.164 e. The molecule has 2 aromatic rings. The molecular weight excluding hydrogens is 231 g/mol. The normalized spacial score (nSPS) is 10.9. The number of benzene rings is 1. The summed E-state index contributed by atoms with van der Waals surface area (Å²) in [7, 11) is 0. The molecule has 0 saturated carbocycles. The fraction of sp³-hybridized carbons (Fsp3) is 0.385. The molecule has 0 unspecified atom stereocenters. The third-order valence-electron chi connectivity index (χ3n) is 2.90. The van der Waals surface area contributed by atoms with Crippen LogP contribution in [-0.4, -0.2) is 14.8 Å². The van der Waals surface area contributed by atoms with Crippen LogP contribution in [0, 0.1) is 12.7 Å². The molecule has 0 radical (unpaired) electrons. The van der Waals surface area contributed by atoms with E-state index in [-0.39, 0.29) is 5.82 Å². The van der Waals surface area contributed by atoms with Crippen molar-refractivity contribution in [3.63, 3.8) is 0 Å². The molecule has 0 saturated heterocycles. The lowest BCUT2D eigenvalue weighted by atomic mass is 10.1.